The van der Waals surface area contributed by atoms with Gasteiger partial charge in [-0.2, -0.15) is 10.2 Å². The lowest BCUT2D eigenvalue weighted by Crippen LogP contribution is -2.41. The Labute approximate surface area is 128 Å². The lowest BCUT2D eigenvalue weighted by Gasteiger charge is -2.19. The Hall–Kier alpha value is -2.27. The first-order valence-electron chi connectivity index (χ1n) is 7.33. The minimum Gasteiger partial charge on any atom is -0.377 e. The summed E-state index contributed by atoms with van der Waals surface area (Å²) >= 11 is 0. The molecule has 0 unspecified atom stereocenters. The van der Waals surface area contributed by atoms with Crippen LogP contribution in [0.15, 0.2) is 22.6 Å². The SMILES string of the molecule is C#CCCC1(CCC(=O)N[C@@H]2COC[C@@H]2n2ccnn2)N=N1. The maximum atomic E-state index is 12.1. The Morgan fingerprint density at radius 2 is 2.32 bits per heavy atom. The van der Waals surface area contributed by atoms with Gasteiger partial charge in [-0.25, -0.2) is 4.68 Å². The molecule has 1 N–H and O–H groups in total. The van der Waals surface area contributed by atoms with Gasteiger partial charge in [0, 0.05) is 31.9 Å². The molecule has 2 atom stereocenters. The molecule has 0 aliphatic carbocycles. The van der Waals surface area contributed by atoms with Gasteiger partial charge in [0.2, 0.25) is 5.91 Å². The van der Waals surface area contributed by atoms with E-state index in [1.807, 2.05) is 0 Å². The number of carbonyl (C=O) groups is 1. The van der Waals surface area contributed by atoms with Crippen LogP contribution >= 0.6 is 0 Å². The largest absolute Gasteiger partial charge is 0.377 e. The summed E-state index contributed by atoms with van der Waals surface area (Å²) in [5.41, 5.74) is -0.415. The lowest BCUT2D eigenvalue weighted by atomic mass is 10.0. The molecule has 1 aromatic rings. The third-order valence-electron chi connectivity index (χ3n) is 3.98. The first-order chi connectivity index (χ1) is 10.7. The molecule has 0 spiro atoms. The van der Waals surface area contributed by atoms with E-state index in [1.54, 1.807) is 17.1 Å². The molecule has 0 radical (unpaired) electrons. The van der Waals surface area contributed by atoms with E-state index in [0.29, 0.717) is 38.9 Å². The van der Waals surface area contributed by atoms with Crippen molar-refractivity contribution in [2.24, 2.45) is 10.2 Å². The first kappa shape index (κ1) is 14.7. The highest BCUT2D eigenvalue weighted by Gasteiger charge is 2.39. The molecule has 116 valence electrons. The zero-order chi connectivity index (χ0) is 15.4. The van der Waals surface area contributed by atoms with Gasteiger partial charge in [-0.3, -0.25) is 4.79 Å². The Kier molecular flexibility index (Phi) is 4.15. The number of rotatable bonds is 7. The molecule has 2 aliphatic heterocycles. The second-order valence-corrected chi connectivity index (χ2v) is 5.55. The molecule has 2 aliphatic rings. The van der Waals surface area contributed by atoms with Gasteiger partial charge in [-0.15, -0.1) is 17.4 Å². The van der Waals surface area contributed by atoms with E-state index in [1.165, 1.54) is 0 Å². The van der Waals surface area contributed by atoms with Crippen LogP contribution < -0.4 is 5.32 Å². The van der Waals surface area contributed by atoms with Crippen molar-refractivity contribution in [1.29, 1.82) is 0 Å². The van der Waals surface area contributed by atoms with Gasteiger partial charge in [-0.1, -0.05) is 5.21 Å². The van der Waals surface area contributed by atoms with Crippen molar-refractivity contribution in [1.82, 2.24) is 20.3 Å². The highest BCUT2D eigenvalue weighted by Crippen LogP contribution is 2.37. The molecule has 8 nitrogen and oxygen atoms in total. The maximum absolute atomic E-state index is 12.1. The Balaban J connectivity index is 1.47. The molecule has 3 rings (SSSR count). The average Bonchev–Trinajstić information content (AvgIpc) is 2.92. The first-order valence-corrected chi connectivity index (χ1v) is 7.33. The van der Waals surface area contributed by atoms with E-state index in [-0.39, 0.29) is 18.0 Å². The van der Waals surface area contributed by atoms with Crippen molar-refractivity contribution >= 4 is 5.91 Å². The van der Waals surface area contributed by atoms with Crippen LogP contribution in [-0.2, 0) is 9.53 Å². The number of ether oxygens (including phenoxy) is 1. The van der Waals surface area contributed by atoms with Crippen LogP contribution in [0.4, 0.5) is 0 Å². The van der Waals surface area contributed by atoms with E-state index in [4.69, 9.17) is 11.2 Å². The summed E-state index contributed by atoms with van der Waals surface area (Å²) in [7, 11) is 0. The van der Waals surface area contributed by atoms with Gasteiger partial charge in [0.1, 0.15) is 0 Å². The van der Waals surface area contributed by atoms with E-state index in [0.717, 1.165) is 0 Å². The van der Waals surface area contributed by atoms with E-state index < -0.39 is 5.66 Å². The van der Waals surface area contributed by atoms with Crippen LogP contribution in [0.25, 0.3) is 0 Å². The van der Waals surface area contributed by atoms with Crippen molar-refractivity contribution in [3.63, 3.8) is 0 Å². The Bertz CT molecular complexity index is 585. The molecular formula is C14H18N6O2. The van der Waals surface area contributed by atoms with E-state index in [2.05, 4.69) is 31.8 Å². The number of hydrogen-bond acceptors (Lipinski definition) is 6. The predicted octanol–water partition coefficient (Wildman–Crippen LogP) is 0.690. The molecule has 1 fully saturated rings. The smallest absolute Gasteiger partial charge is 0.220 e. The molecule has 8 heteroatoms. The minimum atomic E-state index is -0.415. The van der Waals surface area contributed by atoms with Crippen LogP contribution in [0.2, 0.25) is 0 Å². The summed E-state index contributed by atoms with van der Waals surface area (Å²) in [6.07, 6.45) is 10.9. The van der Waals surface area contributed by atoms with Crippen molar-refractivity contribution in [2.75, 3.05) is 13.2 Å². The standard InChI is InChI=1S/C14H18N6O2/c1-2-3-5-14(17-18-14)6-4-13(21)16-11-9-22-10-12(11)20-8-7-15-19-20/h1,7-8,11-12H,3-6,9-10H2,(H,16,21)/t11-,12+/m1/s1. The molecule has 1 aromatic heterocycles. The number of terminal acetylenes is 1. The van der Waals surface area contributed by atoms with Crippen molar-refractivity contribution < 1.29 is 9.53 Å². The van der Waals surface area contributed by atoms with Gasteiger partial charge in [0.25, 0.3) is 0 Å². The van der Waals surface area contributed by atoms with Gasteiger partial charge < -0.3 is 10.1 Å². The molecule has 0 bridgehead atoms. The molecule has 1 amide bonds. The van der Waals surface area contributed by atoms with Crippen molar-refractivity contribution in [2.45, 2.75) is 43.4 Å². The number of carbonyl (C=O) groups excluding carboxylic acids is 1. The van der Waals surface area contributed by atoms with Crippen LogP contribution in [0.5, 0.6) is 0 Å². The topological polar surface area (TPSA) is 93.8 Å². The summed E-state index contributed by atoms with van der Waals surface area (Å²) in [6.45, 7) is 0.998. The number of nitrogens with zero attached hydrogens (tertiary/aromatic N) is 5. The summed E-state index contributed by atoms with van der Waals surface area (Å²) in [5.74, 6) is 2.55. The fourth-order valence-electron chi connectivity index (χ4n) is 2.60. The summed E-state index contributed by atoms with van der Waals surface area (Å²) in [4.78, 5) is 12.1. The number of nitrogens with one attached hydrogen (secondary N) is 1. The quantitative estimate of drug-likeness (QED) is 0.750. The summed E-state index contributed by atoms with van der Waals surface area (Å²) in [5, 5.41) is 18.8. The van der Waals surface area contributed by atoms with E-state index in [9.17, 15) is 4.79 Å². The molecule has 1 saturated heterocycles. The van der Waals surface area contributed by atoms with Gasteiger partial charge >= 0.3 is 0 Å². The highest BCUT2D eigenvalue weighted by molar-refractivity contribution is 5.76. The molecular weight excluding hydrogens is 284 g/mol. The van der Waals surface area contributed by atoms with Crippen molar-refractivity contribution in [3.8, 4) is 12.3 Å². The highest BCUT2D eigenvalue weighted by atomic mass is 16.5. The average molecular weight is 302 g/mol. The van der Waals surface area contributed by atoms with Gasteiger partial charge in [-0.05, 0) is 0 Å². The fraction of sp³-hybridized carbons (Fsp3) is 0.643. The third kappa shape index (κ3) is 3.31. The van der Waals surface area contributed by atoms with Crippen LogP contribution in [0.3, 0.4) is 0 Å². The second kappa shape index (κ2) is 6.23. The Morgan fingerprint density at radius 3 is 3.00 bits per heavy atom. The summed E-state index contributed by atoms with van der Waals surface area (Å²) < 4.78 is 7.16. The fourth-order valence-corrected chi connectivity index (χ4v) is 2.60. The van der Waals surface area contributed by atoms with Crippen LogP contribution in [0.1, 0.15) is 31.7 Å². The monoisotopic (exact) mass is 302 g/mol. The molecule has 22 heavy (non-hydrogen) atoms. The van der Waals surface area contributed by atoms with Crippen LogP contribution in [-0.4, -0.2) is 45.8 Å². The normalized spacial score (nSPS) is 24.9. The minimum absolute atomic E-state index is 0.0165. The molecule has 3 heterocycles. The number of hydrogen-bond donors (Lipinski definition) is 1. The van der Waals surface area contributed by atoms with Crippen LogP contribution in [0, 0.1) is 12.3 Å². The van der Waals surface area contributed by atoms with Gasteiger partial charge in [0.15, 0.2) is 5.66 Å². The predicted molar refractivity (Wildman–Crippen MR) is 76.7 cm³/mol. The molecule has 0 saturated carbocycles. The Morgan fingerprint density at radius 1 is 1.45 bits per heavy atom. The lowest BCUT2D eigenvalue weighted by molar-refractivity contribution is -0.122. The van der Waals surface area contributed by atoms with E-state index >= 15 is 0 Å². The zero-order valence-electron chi connectivity index (χ0n) is 12.2. The zero-order valence-corrected chi connectivity index (χ0v) is 12.2. The summed E-state index contributed by atoms with van der Waals surface area (Å²) in [6, 6.07) is -0.110. The third-order valence-corrected chi connectivity index (χ3v) is 3.98. The number of amides is 1. The van der Waals surface area contributed by atoms with Crippen molar-refractivity contribution in [3.05, 3.63) is 12.4 Å². The molecule has 0 aromatic carbocycles. The second-order valence-electron chi connectivity index (χ2n) is 5.55. The number of aromatic nitrogens is 3. The van der Waals surface area contributed by atoms with Gasteiger partial charge in [0.05, 0.1) is 31.5 Å². The maximum Gasteiger partial charge on any atom is 0.220 e.